The van der Waals surface area contributed by atoms with Crippen molar-refractivity contribution in [1.29, 1.82) is 0 Å². The first kappa shape index (κ1) is 19.3. The van der Waals surface area contributed by atoms with Crippen molar-refractivity contribution in [2.75, 3.05) is 0 Å². The molecule has 0 saturated heterocycles. The fourth-order valence-electron chi connectivity index (χ4n) is 6.58. The molecule has 1 aromatic heterocycles. The number of hydrogen-bond donors (Lipinski definition) is 2. The number of carbonyl (C=O) groups excluding carboxylic acids is 1. The highest BCUT2D eigenvalue weighted by molar-refractivity contribution is 7.71. The Kier molecular flexibility index (Phi) is 4.82. The van der Waals surface area contributed by atoms with Gasteiger partial charge in [0.15, 0.2) is 10.6 Å². The fourth-order valence-corrected chi connectivity index (χ4v) is 6.90. The number of aromatic amines is 1. The van der Waals surface area contributed by atoms with Crippen LogP contribution in [0.25, 0.3) is 11.4 Å². The van der Waals surface area contributed by atoms with Gasteiger partial charge < -0.3 is 5.32 Å². The van der Waals surface area contributed by atoms with Crippen LogP contribution >= 0.6 is 23.8 Å². The van der Waals surface area contributed by atoms with Crippen LogP contribution in [0.3, 0.4) is 0 Å². The number of amides is 1. The Bertz CT molecular complexity index is 944. The van der Waals surface area contributed by atoms with Gasteiger partial charge in [0.1, 0.15) is 6.54 Å². The van der Waals surface area contributed by atoms with Crippen LogP contribution < -0.4 is 5.32 Å². The summed E-state index contributed by atoms with van der Waals surface area (Å²) in [5.41, 5.74) is 1.17. The van der Waals surface area contributed by atoms with Gasteiger partial charge in [-0.15, -0.1) is 0 Å². The molecule has 29 heavy (non-hydrogen) atoms. The maximum absolute atomic E-state index is 13.0. The second kappa shape index (κ2) is 7.24. The molecule has 0 spiro atoms. The monoisotopic (exact) mass is 430 g/mol. The molecule has 4 aliphatic carbocycles. The van der Waals surface area contributed by atoms with Gasteiger partial charge in [0.2, 0.25) is 5.91 Å². The van der Waals surface area contributed by atoms with E-state index >= 15 is 0 Å². The van der Waals surface area contributed by atoms with Gasteiger partial charge >= 0.3 is 0 Å². The molecule has 1 unspecified atom stereocenters. The standard InChI is InChI=1S/C22H27ClN4OS/c1-13(22-9-14-6-15(10-22)8-16(7-14)11-22)24-19(28)12-27-20(25-26-21(27)29)17-2-4-18(23)5-3-17/h2-5,13-16H,6-12H2,1H3,(H,24,28)(H,26,29). The first-order chi connectivity index (χ1) is 13.9. The number of benzene rings is 1. The number of hydrogen-bond acceptors (Lipinski definition) is 3. The van der Waals surface area contributed by atoms with E-state index in [-0.39, 0.29) is 18.5 Å². The maximum Gasteiger partial charge on any atom is 0.240 e. The SMILES string of the molecule is CC(NC(=O)Cn1c(-c2ccc(Cl)cc2)n[nH]c1=S)C12CC3CC(CC(C3)C1)C2. The van der Waals surface area contributed by atoms with Gasteiger partial charge in [0, 0.05) is 16.6 Å². The molecule has 1 aromatic carbocycles. The molecule has 1 amide bonds. The van der Waals surface area contributed by atoms with E-state index in [0.717, 1.165) is 23.3 Å². The van der Waals surface area contributed by atoms with Crippen molar-refractivity contribution in [2.45, 2.75) is 58.0 Å². The number of rotatable bonds is 5. The Labute approximate surface area is 181 Å². The molecule has 4 aliphatic rings. The largest absolute Gasteiger partial charge is 0.352 e. The Morgan fingerprint density at radius 1 is 1.24 bits per heavy atom. The van der Waals surface area contributed by atoms with Gasteiger partial charge in [-0.25, -0.2) is 0 Å². The van der Waals surface area contributed by atoms with Crippen molar-refractivity contribution in [1.82, 2.24) is 20.1 Å². The minimum absolute atomic E-state index is 0.000888. The molecule has 2 aromatic rings. The minimum atomic E-state index is 0.000888. The van der Waals surface area contributed by atoms with E-state index in [4.69, 9.17) is 23.8 Å². The molecule has 0 aliphatic heterocycles. The third kappa shape index (κ3) is 3.55. The van der Waals surface area contributed by atoms with Crippen LogP contribution in [0.1, 0.15) is 45.4 Å². The maximum atomic E-state index is 13.0. The van der Waals surface area contributed by atoms with E-state index in [9.17, 15) is 4.79 Å². The molecule has 1 heterocycles. The number of nitrogens with zero attached hydrogens (tertiary/aromatic N) is 2. The van der Waals surface area contributed by atoms with E-state index in [1.54, 1.807) is 4.57 Å². The van der Waals surface area contributed by atoms with Crippen molar-refractivity contribution >= 4 is 29.7 Å². The lowest BCUT2D eigenvalue weighted by Crippen LogP contribution is -2.56. The van der Waals surface area contributed by atoms with E-state index in [1.807, 2.05) is 24.3 Å². The predicted octanol–water partition coefficient (Wildman–Crippen LogP) is 4.98. The molecule has 5 nitrogen and oxygen atoms in total. The summed E-state index contributed by atoms with van der Waals surface area (Å²) in [4.78, 5) is 13.0. The van der Waals surface area contributed by atoms with Crippen LogP contribution in [-0.2, 0) is 11.3 Å². The second-order valence-corrected chi connectivity index (χ2v) is 10.3. The van der Waals surface area contributed by atoms with Crippen LogP contribution in [0.5, 0.6) is 0 Å². The molecule has 4 fully saturated rings. The molecular formula is C22H27ClN4OS. The third-order valence-corrected chi connectivity index (χ3v) is 8.11. The van der Waals surface area contributed by atoms with E-state index in [2.05, 4.69) is 22.4 Å². The van der Waals surface area contributed by atoms with Crippen LogP contribution in [-0.4, -0.2) is 26.7 Å². The van der Waals surface area contributed by atoms with Crippen molar-refractivity contribution in [3.05, 3.63) is 34.1 Å². The normalized spacial score (nSPS) is 31.0. The molecule has 0 radical (unpaired) electrons. The Morgan fingerprint density at radius 3 is 2.41 bits per heavy atom. The summed E-state index contributed by atoms with van der Waals surface area (Å²) in [6, 6.07) is 7.60. The molecule has 2 N–H and O–H groups in total. The first-order valence-electron chi connectivity index (χ1n) is 10.6. The van der Waals surface area contributed by atoms with Crippen molar-refractivity contribution in [3.63, 3.8) is 0 Å². The highest BCUT2D eigenvalue weighted by atomic mass is 35.5. The highest BCUT2D eigenvalue weighted by Gasteiger charge is 2.53. The molecule has 6 rings (SSSR count). The van der Waals surface area contributed by atoms with Crippen LogP contribution in [0.2, 0.25) is 5.02 Å². The third-order valence-electron chi connectivity index (χ3n) is 7.54. The van der Waals surface area contributed by atoms with Crippen LogP contribution in [0, 0.1) is 27.9 Å². The summed E-state index contributed by atoms with van der Waals surface area (Å²) in [6.45, 7) is 2.38. The zero-order valence-electron chi connectivity index (χ0n) is 16.7. The van der Waals surface area contributed by atoms with Gasteiger partial charge in [-0.3, -0.25) is 14.5 Å². The number of halogens is 1. The number of carbonyl (C=O) groups is 1. The Morgan fingerprint density at radius 2 is 1.83 bits per heavy atom. The average molecular weight is 431 g/mol. The lowest BCUT2D eigenvalue weighted by Gasteiger charge is -2.59. The summed E-state index contributed by atoms with van der Waals surface area (Å²) < 4.78 is 2.22. The number of aromatic nitrogens is 3. The minimum Gasteiger partial charge on any atom is -0.352 e. The van der Waals surface area contributed by atoms with E-state index in [1.165, 1.54) is 38.5 Å². The number of nitrogens with one attached hydrogen (secondary N) is 2. The quantitative estimate of drug-likeness (QED) is 0.657. The van der Waals surface area contributed by atoms with E-state index < -0.39 is 0 Å². The highest BCUT2D eigenvalue weighted by Crippen LogP contribution is 2.61. The summed E-state index contributed by atoms with van der Waals surface area (Å²) in [6.07, 6.45) is 8.07. The molecule has 4 bridgehead atoms. The van der Waals surface area contributed by atoms with Gasteiger partial charge in [-0.2, -0.15) is 5.10 Å². The summed E-state index contributed by atoms with van der Waals surface area (Å²) in [5, 5.41) is 11.1. The predicted molar refractivity (Wildman–Crippen MR) is 116 cm³/mol. The molecule has 1 atom stereocenters. The summed E-state index contributed by atoms with van der Waals surface area (Å²) in [5.74, 6) is 3.28. The van der Waals surface area contributed by atoms with Gasteiger partial charge in [-0.1, -0.05) is 11.6 Å². The second-order valence-electron chi connectivity index (χ2n) is 9.51. The zero-order valence-corrected chi connectivity index (χ0v) is 18.2. The van der Waals surface area contributed by atoms with Crippen LogP contribution in [0.4, 0.5) is 0 Å². The zero-order chi connectivity index (χ0) is 20.2. The van der Waals surface area contributed by atoms with Crippen molar-refractivity contribution in [2.24, 2.45) is 23.2 Å². The van der Waals surface area contributed by atoms with Crippen molar-refractivity contribution < 1.29 is 4.79 Å². The topological polar surface area (TPSA) is 62.7 Å². The molecule has 7 heteroatoms. The summed E-state index contributed by atoms with van der Waals surface area (Å²) in [7, 11) is 0. The Balaban J connectivity index is 1.31. The number of H-pyrrole nitrogens is 1. The average Bonchev–Trinajstić information content (AvgIpc) is 3.01. The molecule has 154 valence electrons. The Hall–Kier alpha value is -1.66. The summed E-state index contributed by atoms with van der Waals surface area (Å²) >= 11 is 11.4. The lowest BCUT2D eigenvalue weighted by molar-refractivity contribution is -0.126. The molecule has 4 saturated carbocycles. The van der Waals surface area contributed by atoms with Gasteiger partial charge in [0.25, 0.3) is 0 Å². The van der Waals surface area contributed by atoms with E-state index in [0.29, 0.717) is 21.0 Å². The van der Waals surface area contributed by atoms with Crippen LogP contribution in [0.15, 0.2) is 24.3 Å². The van der Waals surface area contributed by atoms with Crippen molar-refractivity contribution in [3.8, 4) is 11.4 Å². The fraction of sp³-hybridized carbons (Fsp3) is 0.591. The molecular weight excluding hydrogens is 404 g/mol. The lowest BCUT2D eigenvalue weighted by atomic mass is 9.48. The smallest absolute Gasteiger partial charge is 0.240 e. The first-order valence-corrected chi connectivity index (χ1v) is 11.4. The van der Waals surface area contributed by atoms with Gasteiger partial charge in [0.05, 0.1) is 0 Å². The van der Waals surface area contributed by atoms with Gasteiger partial charge in [-0.05, 0) is 105 Å².